The minimum atomic E-state index is -1.06. The van der Waals surface area contributed by atoms with Crippen LogP contribution in [0.5, 0.6) is 0 Å². The zero-order chi connectivity index (χ0) is 23.1. The Balaban J connectivity index is -0.000000359. The average molecular weight is 423 g/mol. The van der Waals surface area contributed by atoms with Gasteiger partial charge in [0.05, 0.1) is 26.4 Å². The second kappa shape index (κ2) is 23.6. The molecule has 0 aromatic heterocycles. The summed E-state index contributed by atoms with van der Waals surface area (Å²) in [5.41, 5.74) is 9.83. The number of ketones is 3. The van der Waals surface area contributed by atoms with E-state index < -0.39 is 12.6 Å². The predicted octanol–water partition coefficient (Wildman–Crippen LogP) is -1.22. The molecule has 0 aromatic rings. The van der Waals surface area contributed by atoms with E-state index in [9.17, 15) is 19.2 Å². The van der Waals surface area contributed by atoms with Gasteiger partial charge in [-0.15, -0.1) is 0 Å². The Morgan fingerprint density at radius 1 is 0.759 bits per heavy atom. The van der Waals surface area contributed by atoms with Crippen molar-refractivity contribution in [3.63, 3.8) is 0 Å². The Morgan fingerprint density at radius 3 is 1.62 bits per heavy atom. The van der Waals surface area contributed by atoms with Crippen LogP contribution in [0.4, 0.5) is 0 Å². The number of aliphatic carboxylic acids is 1. The number of nitrogens with two attached hydrogens (primary N) is 2. The number of hydrogen-bond acceptors (Lipinski definition) is 9. The lowest BCUT2D eigenvalue weighted by atomic mass is 10.5. The highest BCUT2D eigenvalue weighted by Gasteiger charge is 1.97. The van der Waals surface area contributed by atoms with Gasteiger partial charge in [-0.25, -0.2) is 9.79 Å². The van der Waals surface area contributed by atoms with Crippen LogP contribution in [0.2, 0.25) is 0 Å². The molecule has 0 aliphatic rings. The summed E-state index contributed by atoms with van der Waals surface area (Å²) in [6.07, 6.45) is 0. The summed E-state index contributed by atoms with van der Waals surface area (Å²) in [6.45, 7) is 6.12. The van der Waals surface area contributed by atoms with Crippen molar-refractivity contribution < 1.29 is 43.2 Å². The van der Waals surface area contributed by atoms with Crippen LogP contribution in [0.3, 0.4) is 0 Å². The van der Waals surface area contributed by atoms with Gasteiger partial charge in [0.1, 0.15) is 26.4 Å². The van der Waals surface area contributed by atoms with Gasteiger partial charge in [0, 0.05) is 7.11 Å². The van der Waals surface area contributed by atoms with Crippen molar-refractivity contribution in [1.29, 1.82) is 0 Å². The minimum absolute atomic E-state index is 0.0342. The second-order valence-corrected chi connectivity index (χ2v) is 5.39. The maximum atomic E-state index is 10.4. The number of rotatable bonds is 14. The van der Waals surface area contributed by atoms with Crippen LogP contribution in [-0.4, -0.2) is 94.3 Å². The normalized spacial score (nSPS) is 9.24. The van der Waals surface area contributed by atoms with Gasteiger partial charge in [0.15, 0.2) is 23.3 Å². The molecular weight excluding hydrogens is 390 g/mol. The third-order valence-corrected chi connectivity index (χ3v) is 2.12. The third kappa shape index (κ3) is 46.0. The lowest BCUT2D eigenvalue weighted by molar-refractivity contribution is -0.143. The second-order valence-electron chi connectivity index (χ2n) is 5.39. The molecule has 12 heteroatoms. The van der Waals surface area contributed by atoms with Gasteiger partial charge in [-0.1, -0.05) is 0 Å². The molecule has 0 bridgehead atoms. The van der Waals surface area contributed by atoms with Crippen molar-refractivity contribution in [3.05, 3.63) is 0 Å². The Morgan fingerprint density at radius 2 is 1.24 bits per heavy atom. The maximum absolute atomic E-state index is 10.4. The Bertz CT molecular complexity index is 479. The Hall–Kier alpha value is -2.41. The number of hydrogen-bond donors (Lipinski definition) is 3. The fraction of sp³-hybridized carbons (Fsp3) is 0.706. The van der Waals surface area contributed by atoms with E-state index in [1.807, 2.05) is 0 Å². The average Bonchev–Trinajstić information content (AvgIpc) is 2.59. The van der Waals surface area contributed by atoms with Crippen LogP contribution >= 0.6 is 0 Å². The molecule has 12 nitrogen and oxygen atoms in total. The van der Waals surface area contributed by atoms with E-state index in [4.69, 9.17) is 30.8 Å². The smallest absolute Gasteiger partial charge is 0.329 e. The molecule has 0 fully saturated rings. The van der Waals surface area contributed by atoms with Gasteiger partial charge in [-0.05, 0) is 20.8 Å². The number of carboxylic acids is 1. The van der Waals surface area contributed by atoms with Crippen molar-refractivity contribution >= 4 is 29.3 Å². The molecule has 0 heterocycles. The van der Waals surface area contributed by atoms with Crippen molar-refractivity contribution in [2.45, 2.75) is 20.8 Å². The number of Topliss-reactive ketones (excluding diaryl/α,β-unsaturated/α-hetero) is 3. The monoisotopic (exact) mass is 423 g/mol. The van der Waals surface area contributed by atoms with Gasteiger partial charge in [-0.2, -0.15) is 0 Å². The molecule has 0 spiro atoms. The zero-order valence-corrected chi connectivity index (χ0v) is 17.5. The lowest BCUT2D eigenvalue weighted by Gasteiger charge is -2.03. The molecule has 0 unspecified atom stereocenters. The highest BCUT2D eigenvalue weighted by Crippen LogP contribution is 1.80. The first-order valence-corrected chi connectivity index (χ1v) is 8.50. The van der Waals surface area contributed by atoms with Crippen LogP contribution in [0.25, 0.3) is 0 Å². The molecule has 170 valence electrons. The van der Waals surface area contributed by atoms with E-state index in [-0.39, 0.29) is 43.1 Å². The van der Waals surface area contributed by atoms with E-state index >= 15 is 0 Å². The molecule has 0 aliphatic carbocycles. The molecule has 0 amide bonds. The number of methoxy groups -OCH3 is 1. The molecule has 0 aliphatic heterocycles. The van der Waals surface area contributed by atoms with Gasteiger partial charge < -0.3 is 35.5 Å². The van der Waals surface area contributed by atoms with E-state index in [1.165, 1.54) is 20.8 Å². The van der Waals surface area contributed by atoms with Crippen LogP contribution in [-0.2, 0) is 38.1 Å². The summed E-state index contributed by atoms with van der Waals surface area (Å²) >= 11 is 0. The van der Waals surface area contributed by atoms with Crippen LogP contribution < -0.4 is 11.5 Å². The summed E-state index contributed by atoms with van der Waals surface area (Å²) in [4.78, 5) is 43.8. The van der Waals surface area contributed by atoms with E-state index in [1.54, 1.807) is 7.11 Å². The molecular formula is C17H33N3O9. The van der Waals surface area contributed by atoms with Crippen molar-refractivity contribution in [1.82, 2.24) is 0 Å². The van der Waals surface area contributed by atoms with Crippen LogP contribution in [0, 0.1) is 0 Å². The predicted molar refractivity (Wildman–Crippen MR) is 105 cm³/mol. The van der Waals surface area contributed by atoms with Crippen LogP contribution in [0.1, 0.15) is 20.8 Å². The largest absolute Gasteiger partial charge is 0.480 e. The number of carboxylic acid groups (broad SMARTS) is 1. The molecule has 5 N–H and O–H groups in total. The first-order valence-electron chi connectivity index (χ1n) is 8.50. The fourth-order valence-electron chi connectivity index (χ4n) is 1.06. The summed E-state index contributed by atoms with van der Waals surface area (Å²) < 4.78 is 19.2. The molecule has 0 radical (unpaired) electrons. The van der Waals surface area contributed by atoms with Gasteiger partial charge in [0.25, 0.3) is 0 Å². The van der Waals surface area contributed by atoms with E-state index in [0.717, 1.165) is 0 Å². The van der Waals surface area contributed by atoms with Crippen molar-refractivity contribution in [3.8, 4) is 0 Å². The van der Waals surface area contributed by atoms with E-state index in [2.05, 4.69) is 9.73 Å². The first kappa shape index (κ1) is 31.3. The van der Waals surface area contributed by atoms with E-state index in [0.29, 0.717) is 26.4 Å². The van der Waals surface area contributed by atoms with Gasteiger partial charge in [-0.3, -0.25) is 14.4 Å². The molecule has 0 atom stereocenters. The minimum Gasteiger partial charge on any atom is -0.480 e. The molecule has 0 saturated heterocycles. The Labute approximate surface area is 170 Å². The Kier molecular flexibility index (Phi) is 25.5. The van der Waals surface area contributed by atoms with Crippen molar-refractivity contribution in [2.24, 2.45) is 16.5 Å². The highest BCUT2D eigenvalue weighted by atomic mass is 16.5. The highest BCUT2D eigenvalue weighted by molar-refractivity contribution is 5.82. The topological polar surface area (TPSA) is 190 Å². The molecule has 29 heavy (non-hydrogen) atoms. The number of guanidine groups is 1. The lowest BCUT2D eigenvalue weighted by Crippen LogP contribution is -2.23. The molecule has 0 saturated carbocycles. The third-order valence-electron chi connectivity index (χ3n) is 2.12. The van der Waals surface area contributed by atoms with Gasteiger partial charge in [0.2, 0.25) is 0 Å². The SMILES string of the molecule is CC(=O)CN=C(N)N.CC(=O)COCC(=O)O.COCCOCCOCC(C)=O. The maximum Gasteiger partial charge on any atom is 0.329 e. The number of ether oxygens (including phenoxy) is 4. The fourth-order valence-corrected chi connectivity index (χ4v) is 1.06. The standard InChI is InChI=1S/C8H16O4.C5H8O4.C4H9N3O/c1-8(9)7-12-6-5-11-4-3-10-2;1-4(6)2-9-3-5(7)8;1-3(8)2-7-4(5)6/h3-7H2,1-2H3;2-3H2,1H3,(H,7,8);2H2,1H3,(H4,5,6,7). The zero-order valence-electron chi connectivity index (χ0n) is 17.5. The number of aliphatic imine (C=N–C) groups is 1. The number of carbonyl (C=O) groups excluding carboxylic acids is 3. The van der Waals surface area contributed by atoms with Crippen molar-refractivity contribution in [2.75, 3.05) is 59.9 Å². The summed E-state index contributed by atoms with van der Waals surface area (Å²) in [7, 11) is 1.62. The molecule has 0 rings (SSSR count). The van der Waals surface area contributed by atoms with Gasteiger partial charge >= 0.3 is 5.97 Å². The summed E-state index contributed by atoms with van der Waals surface area (Å²) in [5.74, 6) is -1.28. The quantitative estimate of drug-likeness (QED) is 0.172. The first-order chi connectivity index (χ1) is 13.5. The number of carbonyl (C=O) groups is 4. The summed E-state index contributed by atoms with van der Waals surface area (Å²) in [6, 6.07) is 0. The number of nitrogens with zero attached hydrogens (tertiary/aromatic N) is 1. The summed E-state index contributed by atoms with van der Waals surface area (Å²) in [5, 5.41) is 7.99. The molecule has 0 aromatic carbocycles. The van der Waals surface area contributed by atoms with Crippen LogP contribution in [0.15, 0.2) is 4.99 Å².